The van der Waals surface area contributed by atoms with Crippen molar-refractivity contribution in [3.05, 3.63) is 0 Å². The molecule has 0 amide bonds. The summed E-state index contributed by atoms with van der Waals surface area (Å²) in [4.78, 5) is 0. The standard InChI is InChI=1S/C2H5NS/c4-3-1-2-3/h4H,1-2H2. The molecule has 0 bridgehead atoms. The van der Waals surface area contributed by atoms with Gasteiger partial charge in [0.1, 0.15) is 0 Å². The van der Waals surface area contributed by atoms with Crippen molar-refractivity contribution in [3.63, 3.8) is 0 Å². The van der Waals surface area contributed by atoms with Crippen molar-refractivity contribution < 1.29 is 0 Å². The van der Waals surface area contributed by atoms with E-state index in [1.54, 1.807) is 0 Å². The molecule has 0 saturated carbocycles. The summed E-state index contributed by atoms with van der Waals surface area (Å²) in [7, 11) is 0. The number of hydrogen-bond donors (Lipinski definition) is 1. The Hall–Kier alpha value is 0.310. The van der Waals surface area contributed by atoms with Crippen LogP contribution in [0.5, 0.6) is 0 Å². The maximum absolute atomic E-state index is 3.91. The molecular formula is C2H5NS. The highest BCUT2D eigenvalue weighted by Gasteiger charge is 2.09. The van der Waals surface area contributed by atoms with Gasteiger partial charge in [-0.15, -0.1) is 0 Å². The van der Waals surface area contributed by atoms with Gasteiger partial charge in [0, 0.05) is 13.1 Å². The number of nitrogens with zero attached hydrogens (tertiary/aromatic N) is 1. The molecule has 0 atom stereocenters. The summed E-state index contributed by atoms with van der Waals surface area (Å²) in [5.41, 5.74) is 0. The third kappa shape index (κ3) is 0.362. The molecule has 0 aromatic heterocycles. The van der Waals surface area contributed by atoms with Crippen molar-refractivity contribution in [2.45, 2.75) is 0 Å². The van der Waals surface area contributed by atoms with Crippen LogP contribution in [0.25, 0.3) is 0 Å². The van der Waals surface area contributed by atoms with Crippen molar-refractivity contribution >= 4 is 12.8 Å². The Bertz CT molecular complexity index is 25.2. The fourth-order valence-electron chi connectivity index (χ4n) is 0.0447. The third-order valence-electron chi connectivity index (χ3n) is 0.424. The first-order valence-corrected chi connectivity index (χ1v) is 1.73. The fraction of sp³-hybridized carbons (Fsp3) is 1.00. The highest BCUT2D eigenvalue weighted by molar-refractivity contribution is 7.78. The highest BCUT2D eigenvalue weighted by atomic mass is 32.1. The Balaban J connectivity index is 2.17. The second kappa shape index (κ2) is 0.626. The zero-order valence-corrected chi connectivity index (χ0v) is 3.20. The van der Waals surface area contributed by atoms with E-state index < -0.39 is 0 Å². The fourth-order valence-corrected chi connectivity index (χ4v) is 0.134. The number of hydrogen-bond acceptors (Lipinski definition) is 2. The summed E-state index contributed by atoms with van der Waals surface area (Å²) < 4.78 is 1.94. The SMILES string of the molecule is SN1CC1. The molecule has 0 aliphatic carbocycles. The van der Waals surface area contributed by atoms with E-state index >= 15 is 0 Å². The zero-order chi connectivity index (χ0) is 2.99. The molecule has 1 aliphatic heterocycles. The quantitative estimate of drug-likeness (QED) is 0.317. The molecule has 24 valence electrons. The van der Waals surface area contributed by atoms with E-state index in [9.17, 15) is 0 Å². The summed E-state index contributed by atoms with van der Waals surface area (Å²) in [6.07, 6.45) is 0. The summed E-state index contributed by atoms with van der Waals surface area (Å²) in [6.45, 7) is 2.37. The molecule has 1 heterocycles. The van der Waals surface area contributed by atoms with E-state index in [-0.39, 0.29) is 0 Å². The molecule has 0 N–H and O–H groups in total. The molecule has 2 heteroatoms. The molecular weight excluding hydrogens is 70.1 g/mol. The van der Waals surface area contributed by atoms with Crippen LogP contribution in [0.3, 0.4) is 0 Å². The molecule has 0 aromatic carbocycles. The van der Waals surface area contributed by atoms with Gasteiger partial charge in [-0.3, -0.25) is 4.31 Å². The molecule has 1 rings (SSSR count). The van der Waals surface area contributed by atoms with Crippen LogP contribution in [0.1, 0.15) is 0 Å². The lowest BCUT2D eigenvalue weighted by molar-refractivity contribution is 0.970. The van der Waals surface area contributed by atoms with Gasteiger partial charge in [-0.25, -0.2) is 0 Å². The van der Waals surface area contributed by atoms with Gasteiger partial charge in [-0.1, -0.05) is 12.8 Å². The van der Waals surface area contributed by atoms with Gasteiger partial charge >= 0.3 is 0 Å². The van der Waals surface area contributed by atoms with Crippen LogP contribution >= 0.6 is 12.8 Å². The van der Waals surface area contributed by atoms with Crippen LogP contribution in [0.2, 0.25) is 0 Å². The average molecular weight is 75.1 g/mol. The summed E-state index contributed by atoms with van der Waals surface area (Å²) >= 11 is 3.91. The minimum absolute atomic E-state index is 1.18. The van der Waals surface area contributed by atoms with Crippen molar-refractivity contribution in [2.24, 2.45) is 0 Å². The molecule has 0 spiro atoms. The molecule has 0 unspecified atom stereocenters. The van der Waals surface area contributed by atoms with Gasteiger partial charge in [0.25, 0.3) is 0 Å². The van der Waals surface area contributed by atoms with E-state index in [2.05, 4.69) is 12.8 Å². The van der Waals surface area contributed by atoms with Crippen molar-refractivity contribution in [1.82, 2.24) is 4.31 Å². The molecule has 0 radical (unpaired) electrons. The lowest BCUT2D eigenvalue weighted by Crippen LogP contribution is -1.60. The van der Waals surface area contributed by atoms with Crippen LogP contribution in [-0.4, -0.2) is 17.4 Å². The Morgan fingerprint density at radius 3 is 1.75 bits per heavy atom. The van der Waals surface area contributed by atoms with Gasteiger partial charge in [0.2, 0.25) is 0 Å². The molecule has 1 nitrogen and oxygen atoms in total. The van der Waals surface area contributed by atoms with E-state index in [4.69, 9.17) is 0 Å². The monoisotopic (exact) mass is 75.0 g/mol. The third-order valence-corrected chi connectivity index (χ3v) is 0.824. The molecule has 0 aromatic rings. The molecule has 1 fully saturated rings. The minimum atomic E-state index is 1.18. The van der Waals surface area contributed by atoms with E-state index in [0.29, 0.717) is 0 Å². The van der Waals surface area contributed by atoms with Gasteiger partial charge in [0.05, 0.1) is 0 Å². The summed E-state index contributed by atoms with van der Waals surface area (Å²) in [5, 5.41) is 0. The Morgan fingerprint density at radius 2 is 1.75 bits per heavy atom. The first-order chi connectivity index (χ1) is 1.89. The second-order valence-electron chi connectivity index (χ2n) is 0.954. The summed E-state index contributed by atoms with van der Waals surface area (Å²) in [5.74, 6) is 0. The number of rotatable bonds is 0. The van der Waals surface area contributed by atoms with E-state index in [1.807, 2.05) is 4.31 Å². The van der Waals surface area contributed by atoms with Gasteiger partial charge in [0.15, 0.2) is 0 Å². The lowest BCUT2D eigenvalue weighted by Gasteiger charge is -1.65. The Morgan fingerprint density at radius 1 is 1.50 bits per heavy atom. The molecule has 1 aliphatic rings. The van der Waals surface area contributed by atoms with E-state index in [0.717, 1.165) is 0 Å². The Labute approximate surface area is 31.1 Å². The normalized spacial score (nSPS) is 26.2. The van der Waals surface area contributed by atoms with Crippen LogP contribution < -0.4 is 0 Å². The molecule has 1 saturated heterocycles. The highest BCUT2D eigenvalue weighted by Crippen LogP contribution is 2.03. The Kier molecular flexibility index (Phi) is 0.398. The largest absolute Gasteiger partial charge is 0.251 e. The number of thiol groups is 1. The van der Waals surface area contributed by atoms with Crippen LogP contribution in [0.15, 0.2) is 0 Å². The minimum Gasteiger partial charge on any atom is -0.251 e. The smallest absolute Gasteiger partial charge is 0.0225 e. The lowest BCUT2D eigenvalue weighted by atomic mass is 11.0. The van der Waals surface area contributed by atoms with Crippen LogP contribution in [0.4, 0.5) is 0 Å². The van der Waals surface area contributed by atoms with Gasteiger partial charge < -0.3 is 0 Å². The van der Waals surface area contributed by atoms with Crippen molar-refractivity contribution in [3.8, 4) is 0 Å². The summed E-state index contributed by atoms with van der Waals surface area (Å²) in [6, 6.07) is 0. The maximum Gasteiger partial charge on any atom is 0.0225 e. The van der Waals surface area contributed by atoms with Gasteiger partial charge in [-0.05, 0) is 0 Å². The topological polar surface area (TPSA) is 3.01 Å². The first kappa shape index (κ1) is 2.54. The first-order valence-electron chi connectivity index (χ1n) is 1.33. The van der Waals surface area contributed by atoms with Crippen LogP contribution in [0, 0.1) is 0 Å². The average Bonchev–Trinajstić information content (AvgIpc) is 1.75. The zero-order valence-electron chi connectivity index (χ0n) is 2.31. The van der Waals surface area contributed by atoms with Crippen LogP contribution in [-0.2, 0) is 0 Å². The van der Waals surface area contributed by atoms with Gasteiger partial charge in [-0.2, -0.15) is 0 Å². The predicted octanol–water partition coefficient (Wildman–Crippen LogP) is 0.147. The predicted molar refractivity (Wildman–Crippen MR) is 20.6 cm³/mol. The van der Waals surface area contributed by atoms with Crippen molar-refractivity contribution in [2.75, 3.05) is 13.1 Å². The van der Waals surface area contributed by atoms with E-state index in [1.165, 1.54) is 13.1 Å². The maximum atomic E-state index is 3.91. The molecule has 4 heavy (non-hydrogen) atoms. The second-order valence-corrected chi connectivity index (χ2v) is 1.52. The van der Waals surface area contributed by atoms with Crippen molar-refractivity contribution in [1.29, 1.82) is 0 Å².